The number of ether oxygens (including phenoxy) is 4. The molecule has 1 aromatic carbocycles. The van der Waals surface area contributed by atoms with Gasteiger partial charge in [0.05, 0.1) is 26.7 Å². The molecule has 0 aliphatic carbocycles. The third kappa shape index (κ3) is 4.41. The third-order valence-corrected chi connectivity index (χ3v) is 4.33. The lowest BCUT2D eigenvalue weighted by atomic mass is 9.81. The molecule has 0 saturated heterocycles. The first-order valence-electron chi connectivity index (χ1n) is 8.86. The van der Waals surface area contributed by atoms with Crippen LogP contribution in [0.2, 0.25) is 0 Å². The molecule has 2 rings (SSSR count). The van der Waals surface area contributed by atoms with Crippen LogP contribution >= 0.6 is 0 Å². The number of benzene rings is 1. The van der Waals surface area contributed by atoms with Crippen LogP contribution in [0.5, 0.6) is 11.5 Å². The zero-order valence-electron chi connectivity index (χ0n) is 16.8. The van der Waals surface area contributed by atoms with Crippen molar-refractivity contribution in [2.45, 2.75) is 32.6 Å². The van der Waals surface area contributed by atoms with Crippen LogP contribution in [0.4, 0.5) is 0 Å². The Morgan fingerprint density at radius 3 is 2.46 bits per heavy atom. The van der Waals surface area contributed by atoms with E-state index in [0.29, 0.717) is 41.6 Å². The minimum absolute atomic E-state index is 0. The number of hydrogen-bond acceptors (Lipinski definition) is 6. The summed E-state index contributed by atoms with van der Waals surface area (Å²) < 4.78 is 22.2. The highest BCUT2D eigenvalue weighted by Crippen LogP contribution is 2.45. The van der Waals surface area contributed by atoms with Gasteiger partial charge < -0.3 is 30.2 Å². The first kappa shape index (κ1) is 22.9. The van der Waals surface area contributed by atoms with E-state index in [1.54, 1.807) is 20.3 Å². The molecule has 0 radical (unpaired) electrons. The number of nitriles is 1. The molecule has 1 aliphatic rings. The monoisotopic (exact) mass is 388 g/mol. The van der Waals surface area contributed by atoms with E-state index in [-0.39, 0.29) is 11.4 Å². The number of rotatable bonds is 8. The van der Waals surface area contributed by atoms with E-state index in [1.807, 2.05) is 26.0 Å². The van der Waals surface area contributed by atoms with Crippen molar-refractivity contribution in [2.24, 2.45) is 5.73 Å². The van der Waals surface area contributed by atoms with Crippen molar-refractivity contribution >= 4 is 0 Å². The van der Waals surface area contributed by atoms with Crippen LogP contribution in [0.1, 0.15) is 38.2 Å². The highest BCUT2D eigenvalue weighted by atomic mass is 16.5. The van der Waals surface area contributed by atoms with Crippen LogP contribution in [0.15, 0.2) is 53.3 Å². The Morgan fingerprint density at radius 2 is 1.93 bits per heavy atom. The molecule has 152 valence electrons. The minimum Gasteiger partial charge on any atom is -0.494 e. The predicted molar refractivity (Wildman–Crippen MR) is 107 cm³/mol. The van der Waals surface area contributed by atoms with E-state index < -0.39 is 5.92 Å². The van der Waals surface area contributed by atoms with E-state index in [4.69, 9.17) is 24.7 Å². The SMILES string of the molecule is C=C(OCC)C1=C(CCC)OC(N)=C(C#N)C1c1ccc(OC)c(OC)c1.O. The van der Waals surface area contributed by atoms with E-state index in [0.717, 1.165) is 17.6 Å². The molecular weight excluding hydrogens is 360 g/mol. The Balaban J connectivity index is 0.00000392. The van der Waals surface area contributed by atoms with Crippen molar-refractivity contribution in [1.82, 2.24) is 0 Å². The highest BCUT2D eigenvalue weighted by Gasteiger charge is 2.35. The van der Waals surface area contributed by atoms with Gasteiger partial charge in [0.1, 0.15) is 23.2 Å². The van der Waals surface area contributed by atoms with Gasteiger partial charge in [0.25, 0.3) is 0 Å². The molecule has 7 nitrogen and oxygen atoms in total. The second-order valence-electron chi connectivity index (χ2n) is 5.98. The second-order valence-corrected chi connectivity index (χ2v) is 5.98. The van der Waals surface area contributed by atoms with Gasteiger partial charge in [-0.05, 0) is 31.0 Å². The van der Waals surface area contributed by atoms with Crippen molar-refractivity contribution in [1.29, 1.82) is 5.26 Å². The molecule has 0 fully saturated rings. The number of hydrogen-bond donors (Lipinski definition) is 1. The van der Waals surface area contributed by atoms with Crippen molar-refractivity contribution < 1.29 is 24.4 Å². The fraction of sp³-hybridized carbons (Fsp3) is 0.381. The Hall–Kier alpha value is -3.11. The molecule has 1 aromatic rings. The Kier molecular flexibility index (Phi) is 8.42. The van der Waals surface area contributed by atoms with Crippen LogP contribution in [0.25, 0.3) is 0 Å². The summed E-state index contributed by atoms with van der Waals surface area (Å²) in [6.07, 6.45) is 1.51. The number of allylic oxidation sites excluding steroid dienone is 3. The van der Waals surface area contributed by atoms with Gasteiger partial charge in [-0.15, -0.1) is 0 Å². The molecule has 1 atom stereocenters. The summed E-state index contributed by atoms with van der Waals surface area (Å²) in [5, 5.41) is 9.75. The molecule has 0 spiro atoms. The molecule has 4 N–H and O–H groups in total. The fourth-order valence-corrected chi connectivity index (χ4v) is 3.16. The van der Waals surface area contributed by atoms with Gasteiger partial charge in [0, 0.05) is 12.0 Å². The van der Waals surface area contributed by atoms with Gasteiger partial charge in [0.2, 0.25) is 5.88 Å². The molecule has 7 heteroatoms. The smallest absolute Gasteiger partial charge is 0.205 e. The predicted octanol–water partition coefficient (Wildman–Crippen LogP) is 3.29. The summed E-state index contributed by atoms with van der Waals surface area (Å²) in [7, 11) is 3.14. The van der Waals surface area contributed by atoms with Crippen LogP contribution in [-0.2, 0) is 9.47 Å². The Labute approximate surface area is 165 Å². The summed E-state index contributed by atoms with van der Waals surface area (Å²) in [6.45, 7) is 8.45. The molecule has 1 unspecified atom stereocenters. The summed E-state index contributed by atoms with van der Waals surface area (Å²) in [4.78, 5) is 0. The van der Waals surface area contributed by atoms with E-state index in [2.05, 4.69) is 12.6 Å². The standard InChI is InChI=1S/C21H26N2O4.H2O/c1-6-8-17-19(13(3)26-7-2)20(15(12-22)21(23)27-17)14-9-10-16(24-4)18(11-14)25-5;/h9-11,20H,3,6-8,23H2,1-2,4-5H3;1H2. The molecule has 0 aromatic heterocycles. The van der Waals surface area contributed by atoms with E-state index in [9.17, 15) is 5.26 Å². The second kappa shape index (κ2) is 10.3. The van der Waals surface area contributed by atoms with Crippen LogP contribution in [0, 0.1) is 11.3 Å². The molecule has 0 bridgehead atoms. The Bertz CT molecular complexity index is 821. The quantitative estimate of drug-likeness (QED) is 0.683. The topological polar surface area (TPSA) is 118 Å². The van der Waals surface area contributed by atoms with Crippen molar-refractivity contribution in [3.05, 3.63) is 58.9 Å². The summed E-state index contributed by atoms with van der Waals surface area (Å²) in [5.74, 6) is 1.97. The van der Waals surface area contributed by atoms with Crippen LogP contribution in [-0.4, -0.2) is 26.3 Å². The first-order valence-corrected chi connectivity index (χ1v) is 8.86. The van der Waals surface area contributed by atoms with Gasteiger partial charge in [0.15, 0.2) is 11.5 Å². The molecule has 28 heavy (non-hydrogen) atoms. The third-order valence-electron chi connectivity index (χ3n) is 4.33. The minimum atomic E-state index is -0.454. The highest BCUT2D eigenvalue weighted by molar-refractivity contribution is 5.56. The Morgan fingerprint density at radius 1 is 1.25 bits per heavy atom. The average Bonchev–Trinajstić information content (AvgIpc) is 2.67. The van der Waals surface area contributed by atoms with E-state index in [1.165, 1.54) is 0 Å². The van der Waals surface area contributed by atoms with Crippen LogP contribution in [0.3, 0.4) is 0 Å². The van der Waals surface area contributed by atoms with Gasteiger partial charge in [-0.25, -0.2) is 0 Å². The molecule has 1 aliphatic heterocycles. The lowest BCUT2D eigenvalue weighted by Crippen LogP contribution is -2.22. The maximum Gasteiger partial charge on any atom is 0.205 e. The van der Waals surface area contributed by atoms with E-state index >= 15 is 0 Å². The molecule has 0 amide bonds. The zero-order chi connectivity index (χ0) is 20.0. The maximum absolute atomic E-state index is 9.75. The van der Waals surface area contributed by atoms with Gasteiger partial charge in [-0.1, -0.05) is 19.6 Å². The summed E-state index contributed by atoms with van der Waals surface area (Å²) >= 11 is 0. The van der Waals surface area contributed by atoms with Crippen LogP contribution < -0.4 is 15.2 Å². The normalized spacial score (nSPS) is 15.9. The van der Waals surface area contributed by atoms with Crippen molar-refractivity contribution in [2.75, 3.05) is 20.8 Å². The average molecular weight is 388 g/mol. The van der Waals surface area contributed by atoms with Gasteiger partial charge in [-0.2, -0.15) is 5.26 Å². The van der Waals surface area contributed by atoms with Crippen molar-refractivity contribution in [3.63, 3.8) is 0 Å². The van der Waals surface area contributed by atoms with Crippen molar-refractivity contribution in [3.8, 4) is 17.6 Å². The number of nitrogens with zero attached hydrogens (tertiary/aromatic N) is 1. The lowest BCUT2D eigenvalue weighted by Gasteiger charge is -2.30. The maximum atomic E-state index is 9.75. The molecule has 1 heterocycles. The summed E-state index contributed by atoms with van der Waals surface area (Å²) in [5.41, 5.74) is 7.95. The molecular formula is C21H28N2O5. The molecule has 0 saturated carbocycles. The fourth-order valence-electron chi connectivity index (χ4n) is 3.16. The van der Waals surface area contributed by atoms with Gasteiger partial charge >= 0.3 is 0 Å². The largest absolute Gasteiger partial charge is 0.494 e. The zero-order valence-corrected chi connectivity index (χ0v) is 16.8. The lowest BCUT2D eigenvalue weighted by molar-refractivity contribution is 0.217. The number of nitrogens with two attached hydrogens (primary N) is 1. The first-order chi connectivity index (χ1) is 13.0. The summed E-state index contributed by atoms with van der Waals surface area (Å²) in [6, 6.07) is 7.70. The van der Waals surface area contributed by atoms with Gasteiger partial charge in [-0.3, -0.25) is 0 Å². The number of methoxy groups -OCH3 is 2.